The Kier molecular flexibility index (Phi) is 6.36. The van der Waals surface area contributed by atoms with Crippen LogP contribution in [0.3, 0.4) is 0 Å². The maximum atomic E-state index is 13.7. The number of anilines is 2. The zero-order chi connectivity index (χ0) is 25.6. The molecule has 3 heterocycles. The van der Waals surface area contributed by atoms with Crippen LogP contribution in [0, 0.1) is 0 Å². The number of para-hydroxylation sites is 1. The molecule has 2 aliphatic heterocycles. The van der Waals surface area contributed by atoms with Crippen LogP contribution < -0.4 is 9.21 Å². The van der Waals surface area contributed by atoms with Gasteiger partial charge >= 0.3 is 5.97 Å². The second-order valence-electron chi connectivity index (χ2n) is 8.32. The van der Waals surface area contributed by atoms with E-state index in [1.807, 2.05) is 12.1 Å². The number of rotatable bonds is 5. The lowest BCUT2D eigenvalue weighted by Crippen LogP contribution is -2.43. The summed E-state index contributed by atoms with van der Waals surface area (Å²) >= 11 is 7.42. The fourth-order valence-corrected chi connectivity index (χ4v) is 7.23. The van der Waals surface area contributed by atoms with Crippen molar-refractivity contribution < 1.29 is 27.5 Å². The number of carbonyl (C=O) groups excluding carboxylic acids is 3. The van der Waals surface area contributed by atoms with Crippen LogP contribution in [0.2, 0.25) is 5.02 Å². The molecule has 36 heavy (non-hydrogen) atoms. The van der Waals surface area contributed by atoms with E-state index in [2.05, 4.69) is 0 Å². The van der Waals surface area contributed by atoms with Crippen molar-refractivity contribution >= 4 is 62.1 Å². The maximum Gasteiger partial charge on any atom is 0.349 e. The van der Waals surface area contributed by atoms with E-state index in [-0.39, 0.29) is 39.1 Å². The minimum Gasteiger partial charge on any atom is -0.462 e. The van der Waals surface area contributed by atoms with Gasteiger partial charge in [0.05, 0.1) is 39.9 Å². The van der Waals surface area contributed by atoms with E-state index < -0.39 is 27.8 Å². The summed E-state index contributed by atoms with van der Waals surface area (Å²) in [6.45, 7) is 2.09. The van der Waals surface area contributed by atoms with Gasteiger partial charge in [-0.25, -0.2) is 18.1 Å². The van der Waals surface area contributed by atoms with Crippen LogP contribution in [0.25, 0.3) is 0 Å². The van der Waals surface area contributed by atoms with Crippen LogP contribution in [0.15, 0.2) is 52.7 Å². The van der Waals surface area contributed by atoms with Gasteiger partial charge in [-0.1, -0.05) is 29.8 Å². The Morgan fingerprint density at radius 2 is 1.89 bits per heavy atom. The van der Waals surface area contributed by atoms with Gasteiger partial charge in [-0.3, -0.25) is 13.9 Å². The van der Waals surface area contributed by atoms with Crippen molar-refractivity contribution in [3.05, 3.63) is 74.4 Å². The monoisotopic (exact) mass is 544 g/mol. The highest BCUT2D eigenvalue weighted by molar-refractivity contribution is 7.92. The Bertz CT molecular complexity index is 1510. The number of sulfonamides is 1. The molecule has 3 aromatic rings. The number of benzene rings is 2. The zero-order valence-corrected chi connectivity index (χ0v) is 21.6. The van der Waals surface area contributed by atoms with Crippen molar-refractivity contribution in [1.82, 2.24) is 0 Å². The van der Waals surface area contributed by atoms with Gasteiger partial charge in [0, 0.05) is 6.54 Å². The van der Waals surface area contributed by atoms with E-state index >= 15 is 0 Å². The van der Waals surface area contributed by atoms with E-state index in [1.165, 1.54) is 22.5 Å². The highest BCUT2D eigenvalue weighted by Crippen LogP contribution is 2.38. The highest BCUT2D eigenvalue weighted by Gasteiger charge is 2.39. The van der Waals surface area contributed by atoms with Gasteiger partial charge in [-0.2, -0.15) is 0 Å². The lowest BCUT2D eigenvalue weighted by Gasteiger charge is -2.31. The average molecular weight is 545 g/mol. The molecule has 0 unspecified atom stereocenters. The Morgan fingerprint density at radius 1 is 1.11 bits per heavy atom. The number of thiophene rings is 1. The Morgan fingerprint density at radius 3 is 2.67 bits per heavy atom. The number of amides is 2. The summed E-state index contributed by atoms with van der Waals surface area (Å²) in [4.78, 5) is 39.8. The second kappa shape index (κ2) is 9.34. The van der Waals surface area contributed by atoms with E-state index in [0.29, 0.717) is 24.2 Å². The number of imide groups is 1. The molecule has 2 aliphatic rings. The molecular formula is C25H21ClN2O6S2. The van der Waals surface area contributed by atoms with Crippen LogP contribution in [-0.4, -0.2) is 39.4 Å². The third-order valence-electron chi connectivity index (χ3n) is 6.15. The Balaban J connectivity index is 1.56. The van der Waals surface area contributed by atoms with Crippen LogP contribution in [0.4, 0.5) is 11.4 Å². The number of esters is 1. The number of nitrogens with zero attached hydrogens (tertiary/aromatic N) is 2. The van der Waals surface area contributed by atoms with Gasteiger partial charge in [-0.05, 0) is 60.5 Å². The quantitative estimate of drug-likeness (QED) is 0.347. The number of ether oxygens (including phenoxy) is 1. The molecule has 5 rings (SSSR count). The van der Waals surface area contributed by atoms with Crippen LogP contribution in [-0.2, 0) is 32.4 Å². The van der Waals surface area contributed by atoms with E-state index in [9.17, 15) is 22.8 Å². The Labute approximate surface area is 217 Å². The van der Waals surface area contributed by atoms with Gasteiger partial charge in [0.1, 0.15) is 4.88 Å². The Hall–Kier alpha value is -3.21. The molecule has 0 saturated heterocycles. The number of hydrogen-bond acceptors (Lipinski definition) is 7. The van der Waals surface area contributed by atoms with E-state index in [4.69, 9.17) is 16.3 Å². The minimum atomic E-state index is -4.01. The van der Waals surface area contributed by atoms with Crippen molar-refractivity contribution in [2.24, 2.45) is 0 Å². The summed E-state index contributed by atoms with van der Waals surface area (Å²) in [6, 6.07) is 11.3. The molecule has 0 atom stereocenters. The van der Waals surface area contributed by atoms with Crippen LogP contribution >= 0.6 is 22.9 Å². The molecule has 0 aliphatic carbocycles. The van der Waals surface area contributed by atoms with E-state index in [1.54, 1.807) is 24.4 Å². The summed E-state index contributed by atoms with van der Waals surface area (Å²) in [6.07, 6.45) is 1.30. The fourth-order valence-electron chi connectivity index (χ4n) is 4.52. The number of aryl methyl sites for hydroxylation is 1. The molecule has 0 bridgehead atoms. The topological polar surface area (TPSA) is 101 Å². The number of halogens is 1. The van der Waals surface area contributed by atoms with Gasteiger partial charge in [0.25, 0.3) is 15.9 Å². The predicted molar refractivity (Wildman–Crippen MR) is 137 cm³/mol. The number of carbonyl (C=O) groups is 3. The molecule has 8 nitrogen and oxygen atoms in total. The SMILES string of the molecule is CCOC(=O)c1scc2c1C(=O)N(c1cc(S(=O)(=O)N3CCCc4ccccc43)ccc1Cl)C(=O)C2. The molecule has 2 amide bonds. The standard InChI is InChI=1S/C25H21ClN2O6S2/c1-2-34-25(31)23-22-16(14-35-23)12-21(29)28(24(22)30)20-13-17(9-10-18(20)26)36(32,33)27-11-5-7-15-6-3-4-8-19(15)27/h3-4,6,8-10,13-14H,2,5,7,11-12H2,1H3. The minimum absolute atomic E-state index is 0.0334. The summed E-state index contributed by atoms with van der Waals surface area (Å²) in [5.74, 6) is -1.97. The molecule has 11 heteroatoms. The molecular weight excluding hydrogens is 524 g/mol. The molecule has 1 aromatic heterocycles. The second-order valence-corrected chi connectivity index (χ2v) is 11.5. The van der Waals surface area contributed by atoms with Crippen molar-refractivity contribution in [2.75, 3.05) is 22.4 Å². The molecule has 0 radical (unpaired) electrons. The van der Waals surface area contributed by atoms with Crippen molar-refractivity contribution in [3.63, 3.8) is 0 Å². The number of hydrogen-bond donors (Lipinski definition) is 0. The third kappa shape index (κ3) is 3.99. The summed E-state index contributed by atoms with van der Waals surface area (Å²) in [5, 5.41) is 1.62. The van der Waals surface area contributed by atoms with Gasteiger partial charge in [-0.15, -0.1) is 11.3 Å². The first-order chi connectivity index (χ1) is 17.2. The summed E-state index contributed by atoms with van der Waals surface area (Å²) in [5.41, 5.74) is 1.99. The lowest BCUT2D eigenvalue weighted by molar-refractivity contribution is -0.117. The van der Waals surface area contributed by atoms with Crippen molar-refractivity contribution in [2.45, 2.75) is 31.1 Å². The van der Waals surface area contributed by atoms with Crippen LogP contribution in [0.5, 0.6) is 0 Å². The van der Waals surface area contributed by atoms with Gasteiger partial charge in [0.15, 0.2) is 0 Å². The largest absolute Gasteiger partial charge is 0.462 e. The molecule has 0 saturated carbocycles. The van der Waals surface area contributed by atoms with Crippen molar-refractivity contribution in [3.8, 4) is 0 Å². The first-order valence-corrected chi connectivity index (χ1v) is 14.0. The fraction of sp³-hybridized carbons (Fsp3) is 0.240. The molecule has 186 valence electrons. The smallest absolute Gasteiger partial charge is 0.349 e. The van der Waals surface area contributed by atoms with Gasteiger partial charge in [0.2, 0.25) is 5.91 Å². The summed E-state index contributed by atoms with van der Waals surface area (Å²) < 4.78 is 33.7. The molecule has 0 N–H and O–H groups in total. The molecule has 2 aromatic carbocycles. The first kappa shape index (κ1) is 24.5. The van der Waals surface area contributed by atoms with E-state index in [0.717, 1.165) is 28.2 Å². The molecule has 0 fully saturated rings. The van der Waals surface area contributed by atoms with Crippen molar-refractivity contribution in [1.29, 1.82) is 0 Å². The number of fused-ring (bicyclic) bond motifs is 2. The molecule has 0 spiro atoms. The van der Waals surface area contributed by atoms with Crippen LogP contribution in [0.1, 0.15) is 44.5 Å². The predicted octanol–water partition coefficient (Wildman–Crippen LogP) is 4.45. The highest BCUT2D eigenvalue weighted by atomic mass is 35.5. The normalized spacial score (nSPS) is 15.5. The summed E-state index contributed by atoms with van der Waals surface area (Å²) in [7, 11) is -4.01. The maximum absolute atomic E-state index is 13.7. The van der Waals surface area contributed by atoms with Gasteiger partial charge < -0.3 is 4.74 Å². The average Bonchev–Trinajstić information content (AvgIpc) is 3.29. The lowest BCUT2D eigenvalue weighted by atomic mass is 10.0. The first-order valence-electron chi connectivity index (χ1n) is 11.3. The zero-order valence-electron chi connectivity index (χ0n) is 19.2. The third-order valence-corrected chi connectivity index (χ3v) is 9.29.